The van der Waals surface area contributed by atoms with E-state index < -0.39 is 0 Å². The van der Waals surface area contributed by atoms with Crippen molar-refractivity contribution in [3.05, 3.63) is 95.1 Å². The fraction of sp³-hybridized carbons (Fsp3) is 0.261. The summed E-state index contributed by atoms with van der Waals surface area (Å²) < 4.78 is 19.0. The molecule has 0 spiro atoms. The highest BCUT2D eigenvalue weighted by molar-refractivity contribution is 5.38. The lowest BCUT2D eigenvalue weighted by atomic mass is 10.0. The van der Waals surface area contributed by atoms with E-state index in [-0.39, 0.29) is 5.82 Å². The molecule has 0 aliphatic carbocycles. The smallest absolute Gasteiger partial charge is 0.123 e. The largest absolute Gasteiger partial charge is 0.493 e. The van der Waals surface area contributed by atoms with Crippen LogP contribution >= 0.6 is 0 Å². The first-order chi connectivity index (χ1) is 13.3. The number of aromatic nitrogens is 1. The van der Waals surface area contributed by atoms with Crippen molar-refractivity contribution in [2.45, 2.75) is 32.5 Å². The molecule has 0 atom stereocenters. The summed E-state index contributed by atoms with van der Waals surface area (Å²) in [4.78, 5) is 6.59. The van der Waals surface area contributed by atoms with Crippen LogP contribution in [0.5, 0.6) is 5.75 Å². The van der Waals surface area contributed by atoms with Crippen LogP contribution in [0.2, 0.25) is 0 Å². The third-order valence-electron chi connectivity index (χ3n) is 4.83. The van der Waals surface area contributed by atoms with Gasteiger partial charge >= 0.3 is 0 Å². The van der Waals surface area contributed by atoms with E-state index in [1.165, 1.54) is 28.8 Å². The van der Waals surface area contributed by atoms with E-state index in [0.29, 0.717) is 0 Å². The molecule has 0 fully saturated rings. The molecule has 3 aromatic rings. The minimum atomic E-state index is -0.202. The number of ether oxygens (including phenoxy) is 1. The van der Waals surface area contributed by atoms with Gasteiger partial charge in [-0.2, -0.15) is 0 Å². The molecule has 1 aliphatic heterocycles. The molecule has 0 unspecified atom stereocenters. The SMILES string of the molecule is Fc1ccc(CN(Cc2cccnc2)Cc2ccc3c(c2)CCCO3)cc1. The van der Waals surface area contributed by atoms with Gasteiger partial charge in [0.1, 0.15) is 11.6 Å². The predicted octanol–water partition coefficient (Wildman–Crippen LogP) is 4.75. The van der Waals surface area contributed by atoms with Crippen LogP contribution in [0.25, 0.3) is 0 Å². The summed E-state index contributed by atoms with van der Waals surface area (Å²) in [6.45, 7) is 3.17. The molecular weight excluding hydrogens is 339 g/mol. The second-order valence-electron chi connectivity index (χ2n) is 7.03. The average Bonchev–Trinajstić information content (AvgIpc) is 2.70. The first-order valence-corrected chi connectivity index (χ1v) is 9.36. The van der Waals surface area contributed by atoms with Crippen molar-refractivity contribution in [1.82, 2.24) is 9.88 Å². The third kappa shape index (κ3) is 4.72. The molecule has 138 valence electrons. The Kier molecular flexibility index (Phi) is 5.45. The number of hydrogen-bond acceptors (Lipinski definition) is 3. The van der Waals surface area contributed by atoms with Crippen LogP contribution in [0.3, 0.4) is 0 Å². The molecule has 0 bridgehead atoms. The van der Waals surface area contributed by atoms with Crippen LogP contribution in [0.4, 0.5) is 4.39 Å². The normalized spacial score (nSPS) is 13.3. The van der Waals surface area contributed by atoms with Crippen LogP contribution < -0.4 is 4.74 Å². The molecule has 0 amide bonds. The predicted molar refractivity (Wildman–Crippen MR) is 104 cm³/mol. The van der Waals surface area contributed by atoms with E-state index in [2.05, 4.69) is 34.1 Å². The van der Waals surface area contributed by atoms with Gasteiger partial charge in [-0.25, -0.2) is 4.39 Å². The minimum Gasteiger partial charge on any atom is -0.493 e. The molecule has 0 saturated carbocycles. The number of rotatable bonds is 6. The van der Waals surface area contributed by atoms with Crippen molar-refractivity contribution in [2.24, 2.45) is 0 Å². The van der Waals surface area contributed by atoms with Crippen molar-refractivity contribution in [3.63, 3.8) is 0 Å². The van der Waals surface area contributed by atoms with Gasteiger partial charge in [-0.05, 0) is 59.4 Å². The molecule has 27 heavy (non-hydrogen) atoms. The van der Waals surface area contributed by atoms with E-state index in [1.807, 2.05) is 24.4 Å². The first-order valence-electron chi connectivity index (χ1n) is 9.36. The second-order valence-corrected chi connectivity index (χ2v) is 7.03. The van der Waals surface area contributed by atoms with Crippen LogP contribution in [0.1, 0.15) is 28.7 Å². The van der Waals surface area contributed by atoms with E-state index in [4.69, 9.17) is 4.74 Å². The summed E-state index contributed by atoms with van der Waals surface area (Å²) in [5.74, 6) is 0.814. The minimum absolute atomic E-state index is 0.202. The van der Waals surface area contributed by atoms with E-state index in [9.17, 15) is 4.39 Å². The van der Waals surface area contributed by atoms with Gasteiger partial charge in [-0.15, -0.1) is 0 Å². The van der Waals surface area contributed by atoms with E-state index >= 15 is 0 Å². The fourth-order valence-electron chi connectivity index (χ4n) is 3.54. The first kappa shape index (κ1) is 17.7. The zero-order chi connectivity index (χ0) is 18.5. The summed E-state index contributed by atoms with van der Waals surface area (Å²) in [7, 11) is 0. The van der Waals surface area contributed by atoms with Gasteiger partial charge in [0.15, 0.2) is 0 Å². The van der Waals surface area contributed by atoms with Gasteiger partial charge in [-0.1, -0.05) is 30.3 Å². The number of nitrogens with zero attached hydrogens (tertiary/aromatic N) is 2. The quantitative estimate of drug-likeness (QED) is 0.633. The fourth-order valence-corrected chi connectivity index (χ4v) is 3.54. The van der Waals surface area contributed by atoms with Crippen LogP contribution in [-0.2, 0) is 26.1 Å². The molecule has 2 aromatic carbocycles. The molecule has 0 radical (unpaired) electrons. The molecule has 4 heteroatoms. The van der Waals surface area contributed by atoms with Crippen molar-refractivity contribution in [2.75, 3.05) is 6.61 Å². The summed E-state index contributed by atoms with van der Waals surface area (Å²) >= 11 is 0. The van der Waals surface area contributed by atoms with Crippen molar-refractivity contribution in [1.29, 1.82) is 0 Å². The van der Waals surface area contributed by atoms with Crippen LogP contribution in [0.15, 0.2) is 67.0 Å². The Bertz CT molecular complexity index is 881. The highest BCUT2D eigenvalue weighted by Crippen LogP contribution is 2.26. The monoisotopic (exact) mass is 362 g/mol. The van der Waals surface area contributed by atoms with Gasteiger partial charge in [0, 0.05) is 32.0 Å². The van der Waals surface area contributed by atoms with Gasteiger partial charge in [0.25, 0.3) is 0 Å². The molecule has 2 heterocycles. The number of halogens is 1. The third-order valence-corrected chi connectivity index (χ3v) is 4.83. The molecule has 4 rings (SSSR count). The zero-order valence-electron chi connectivity index (χ0n) is 15.3. The van der Waals surface area contributed by atoms with Gasteiger partial charge in [0.2, 0.25) is 0 Å². The Morgan fingerprint density at radius 1 is 0.926 bits per heavy atom. The van der Waals surface area contributed by atoms with Crippen LogP contribution in [-0.4, -0.2) is 16.5 Å². The lowest BCUT2D eigenvalue weighted by molar-refractivity contribution is 0.246. The molecule has 3 nitrogen and oxygen atoms in total. The van der Waals surface area contributed by atoms with Crippen molar-refractivity contribution in [3.8, 4) is 5.75 Å². The summed E-state index contributed by atoms with van der Waals surface area (Å²) in [5, 5.41) is 0. The summed E-state index contributed by atoms with van der Waals surface area (Å²) in [6.07, 6.45) is 5.84. The molecular formula is C23H23FN2O. The molecule has 0 saturated heterocycles. The highest BCUT2D eigenvalue weighted by atomic mass is 19.1. The topological polar surface area (TPSA) is 25.4 Å². The Hall–Kier alpha value is -2.72. The summed E-state index contributed by atoms with van der Waals surface area (Å²) in [6, 6.07) is 17.3. The Labute approximate surface area is 159 Å². The van der Waals surface area contributed by atoms with E-state index in [0.717, 1.165) is 50.4 Å². The number of hydrogen-bond donors (Lipinski definition) is 0. The second kappa shape index (κ2) is 8.31. The molecule has 1 aromatic heterocycles. The summed E-state index contributed by atoms with van der Waals surface area (Å²) in [5.41, 5.74) is 4.83. The lowest BCUT2D eigenvalue weighted by Crippen LogP contribution is -2.22. The lowest BCUT2D eigenvalue weighted by Gasteiger charge is -2.24. The molecule has 1 aliphatic rings. The number of benzene rings is 2. The van der Waals surface area contributed by atoms with Crippen molar-refractivity contribution >= 4 is 0 Å². The maximum Gasteiger partial charge on any atom is 0.123 e. The maximum absolute atomic E-state index is 13.2. The number of pyridine rings is 1. The van der Waals surface area contributed by atoms with Gasteiger partial charge < -0.3 is 4.74 Å². The standard InChI is InChI=1S/C23H23FN2O/c24-22-8-5-18(6-9-22)15-26(17-20-3-1-11-25-14-20)16-19-7-10-23-21(13-19)4-2-12-27-23/h1,3,5-11,13-14H,2,4,12,15-17H2. The zero-order valence-corrected chi connectivity index (χ0v) is 15.3. The van der Waals surface area contributed by atoms with E-state index in [1.54, 1.807) is 6.20 Å². The van der Waals surface area contributed by atoms with Crippen molar-refractivity contribution < 1.29 is 9.13 Å². The number of fused-ring (bicyclic) bond motifs is 1. The Balaban J connectivity index is 1.54. The Morgan fingerprint density at radius 2 is 1.70 bits per heavy atom. The van der Waals surface area contributed by atoms with Gasteiger partial charge in [0.05, 0.1) is 6.61 Å². The average molecular weight is 362 g/mol. The van der Waals surface area contributed by atoms with Gasteiger partial charge in [-0.3, -0.25) is 9.88 Å². The molecule has 0 N–H and O–H groups in total. The maximum atomic E-state index is 13.2. The Morgan fingerprint density at radius 3 is 2.52 bits per heavy atom. The van der Waals surface area contributed by atoms with Crippen LogP contribution in [0, 0.1) is 5.82 Å². The highest BCUT2D eigenvalue weighted by Gasteiger charge is 2.13. The number of aryl methyl sites for hydroxylation is 1.